The number of rotatable bonds is 5. The minimum absolute atomic E-state index is 0.365. The summed E-state index contributed by atoms with van der Waals surface area (Å²) in [6, 6.07) is 17.1. The van der Waals surface area contributed by atoms with Crippen molar-refractivity contribution < 1.29 is 23.8 Å². The first-order valence-corrected chi connectivity index (χ1v) is 8.52. The topological polar surface area (TPSA) is 61.8 Å². The number of hydrogen-bond acceptors (Lipinski definition) is 5. The molecule has 0 unspecified atom stereocenters. The van der Waals surface area contributed by atoms with Gasteiger partial charge in [0.1, 0.15) is 5.75 Å². The van der Waals surface area contributed by atoms with E-state index in [1.165, 1.54) is 21.0 Å². The normalized spacial score (nSPS) is 10.5. The number of fused-ring (bicyclic) bond motifs is 1. The van der Waals surface area contributed by atoms with Gasteiger partial charge in [-0.2, -0.15) is 0 Å². The van der Waals surface area contributed by atoms with Crippen LogP contribution in [0, 0.1) is 0 Å². The summed E-state index contributed by atoms with van der Waals surface area (Å²) in [4.78, 5) is 22.8. The van der Waals surface area contributed by atoms with Gasteiger partial charge in [-0.25, -0.2) is 0 Å². The van der Waals surface area contributed by atoms with Crippen molar-refractivity contribution in [3.8, 4) is 17.2 Å². The Labute approximate surface area is 157 Å². The zero-order chi connectivity index (χ0) is 19.4. The van der Waals surface area contributed by atoms with Crippen molar-refractivity contribution in [3.63, 3.8) is 0 Å². The number of carbonyl (C=O) groups excluding carboxylic acids is 2. The van der Waals surface area contributed by atoms with Crippen molar-refractivity contribution in [1.29, 1.82) is 0 Å². The minimum atomic E-state index is -0.410. The van der Waals surface area contributed by atoms with Crippen LogP contribution >= 0.6 is 0 Å². The Hall–Kier alpha value is -3.34. The molecular formula is C22H20O5. The number of benzene rings is 3. The van der Waals surface area contributed by atoms with E-state index < -0.39 is 5.97 Å². The highest BCUT2D eigenvalue weighted by Gasteiger charge is 2.14. The zero-order valence-electron chi connectivity index (χ0n) is 15.4. The Morgan fingerprint density at radius 3 is 2.30 bits per heavy atom. The first kappa shape index (κ1) is 18.5. The number of methoxy groups -OCH3 is 1. The third-order valence-corrected chi connectivity index (χ3v) is 4.08. The van der Waals surface area contributed by atoms with Crippen molar-refractivity contribution in [3.05, 3.63) is 65.7 Å². The highest BCUT2D eigenvalue weighted by atomic mass is 16.6. The van der Waals surface area contributed by atoms with Crippen LogP contribution in [0.25, 0.3) is 10.8 Å². The van der Waals surface area contributed by atoms with E-state index in [4.69, 9.17) is 14.2 Å². The van der Waals surface area contributed by atoms with Gasteiger partial charge >= 0.3 is 11.9 Å². The third kappa shape index (κ3) is 4.26. The summed E-state index contributed by atoms with van der Waals surface area (Å²) < 4.78 is 16.0. The van der Waals surface area contributed by atoms with Gasteiger partial charge in [-0.15, -0.1) is 0 Å². The van der Waals surface area contributed by atoms with Gasteiger partial charge in [-0.3, -0.25) is 9.59 Å². The maximum Gasteiger partial charge on any atom is 0.308 e. The number of carbonyl (C=O) groups is 2. The summed E-state index contributed by atoms with van der Waals surface area (Å²) in [5.74, 6) is 0.622. The van der Waals surface area contributed by atoms with Crippen molar-refractivity contribution >= 4 is 22.7 Å². The van der Waals surface area contributed by atoms with Crippen LogP contribution in [-0.2, 0) is 16.0 Å². The smallest absolute Gasteiger partial charge is 0.308 e. The molecule has 0 atom stereocenters. The molecule has 0 radical (unpaired) electrons. The van der Waals surface area contributed by atoms with E-state index in [9.17, 15) is 9.59 Å². The standard InChI is InChI=1S/C22H20O5/c1-14(23)26-20-11-8-16(13-21(20)25-3)12-18-10-9-17-6-4-5-7-19(17)22(18)27-15(2)24/h4-11,13H,12H2,1-3H3. The van der Waals surface area contributed by atoms with Crippen LogP contribution in [0.15, 0.2) is 54.6 Å². The lowest BCUT2D eigenvalue weighted by Crippen LogP contribution is -2.06. The van der Waals surface area contributed by atoms with Crippen LogP contribution in [0.5, 0.6) is 17.2 Å². The molecule has 3 rings (SSSR count). The Morgan fingerprint density at radius 2 is 1.59 bits per heavy atom. The second-order valence-electron chi connectivity index (χ2n) is 6.12. The van der Waals surface area contributed by atoms with E-state index in [0.29, 0.717) is 23.7 Å². The molecule has 0 aliphatic heterocycles. The Bertz CT molecular complexity index is 1010. The fourth-order valence-corrected chi connectivity index (χ4v) is 2.97. The quantitative estimate of drug-likeness (QED) is 0.499. The predicted octanol–water partition coefficient (Wildman–Crippen LogP) is 4.29. The lowest BCUT2D eigenvalue weighted by atomic mass is 9.99. The fourth-order valence-electron chi connectivity index (χ4n) is 2.97. The minimum Gasteiger partial charge on any atom is -0.493 e. The van der Waals surface area contributed by atoms with E-state index >= 15 is 0 Å². The summed E-state index contributed by atoms with van der Waals surface area (Å²) in [6.07, 6.45) is 0.532. The summed E-state index contributed by atoms with van der Waals surface area (Å²) in [5, 5.41) is 1.88. The molecule has 0 saturated carbocycles. The van der Waals surface area contributed by atoms with Gasteiger partial charge in [0.15, 0.2) is 11.5 Å². The largest absolute Gasteiger partial charge is 0.493 e. The van der Waals surface area contributed by atoms with Crippen LogP contribution in [-0.4, -0.2) is 19.0 Å². The molecule has 5 nitrogen and oxygen atoms in total. The molecule has 0 aromatic heterocycles. The van der Waals surface area contributed by atoms with Gasteiger partial charge in [0, 0.05) is 25.7 Å². The molecule has 0 saturated heterocycles. The average Bonchev–Trinajstić information content (AvgIpc) is 2.64. The molecule has 0 amide bonds. The van der Waals surface area contributed by atoms with Gasteiger partial charge in [0.25, 0.3) is 0 Å². The van der Waals surface area contributed by atoms with Crippen molar-refractivity contribution in [2.45, 2.75) is 20.3 Å². The molecular weight excluding hydrogens is 344 g/mol. The molecule has 0 bridgehead atoms. The molecule has 27 heavy (non-hydrogen) atoms. The second kappa shape index (κ2) is 7.91. The molecule has 0 N–H and O–H groups in total. The first-order chi connectivity index (χ1) is 13.0. The summed E-state index contributed by atoms with van der Waals surface area (Å²) in [7, 11) is 1.52. The molecule has 5 heteroatoms. The van der Waals surface area contributed by atoms with Gasteiger partial charge < -0.3 is 14.2 Å². The van der Waals surface area contributed by atoms with Crippen molar-refractivity contribution in [2.75, 3.05) is 7.11 Å². The van der Waals surface area contributed by atoms with Crippen LogP contribution in [0.3, 0.4) is 0 Å². The highest BCUT2D eigenvalue weighted by Crippen LogP contribution is 2.34. The molecule has 0 fully saturated rings. The van der Waals surface area contributed by atoms with Crippen LogP contribution < -0.4 is 14.2 Å². The Kier molecular flexibility index (Phi) is 5.41. The van der Waals surface area contributed by atoms with Gasteiger partial charge in [0.2, 0.25) is 0 Å². The summed E-state index contributed by atoms with van der Waals surface area (Å²) >= 11 is 0. The monoisotopic (exact) mass is 364 g/mol. The van der Waals surface area contributed by atoms with E-state index in [0.717, 1.165) is 21.9 Å². The zero-order valence-corrected chi connectivity index (χ0v) is 15.4. The maximum atomic E-state index is 11.6. The van der Waals surface area contributed by atoms with Crippen LogP contribution in [0.4, 0.5) is 0 Å². The molecule has 3 aromatic rings. The molecule has 0 heterocycles. The predicted molar refractivity (Wildman–Crippen MR) is 102 cm³/mol. The Morgan fingerprint density at radius 1 is 0.852 bits per heavy atom. The number of esters is 2. The molecule has 138 valence electrons. The SMILES string of the molecule is COc1cc(Cc2ccc3ccccc3c2OC(C)=O)ccc1OC(C)=O. The van der Waals surface area contributed by atoms with Crippen LogP contribution in [0.1, 0.15) is 25.0 Å². The van der Waals surface area contributed by atoms with Gasteiger partial charge in [0.05, 0.1) is 7.11 Å². The van der Waals surface area contributed by atoms with E-state index in [-0.39, 0.29) is 5.97 Å². The fraction of sp³-hybridized carbons (Fsp3) is 0.182. The lowest BCUT2D eigenvalue weighted by Gasteiger charge is -2.14. The van der Waals surface area contributed by atoms with Crippen molar-refractivity contribution in [2.24, 2.45) is 0 Å². The van der Waals surface area contributed by atoms with E-state index in [1.807, 2.05) is 48.5 Å². The van der Waals surface area contributed by atoms with E-state index in [2.05, 4.69) is 0 Å². The first-order valence-electron chi connectivity index (χ1n) is 8.52. The molecule has 0 spiro atoms. The Balaban J connectivity index is 2.01. The second-order valence-corrected chi connectivity index (χ2v) is 6.12. The maximum absolute atomic E-state index is 11.6. The number of ether oxygens (including phenoxy) is 3. The molecule has 0 aliphatic carbocycles. The summed E-state index contributed by atoms with van der Waals surface area (Å²) in [6.45, 7) is 2.73. The third-order valence-electron chi connectivity index (χ3n) is 4.08. The van der Waals surface area contributed by atoms with Gasteiger partial charge in [-0.1, -0.05) is 42.5 Å². The summed E-state index contributed by atoms with van der Waals surface area (Å²) in [5.41, 5.74) is 1.82. The van der Waals surface area contributed by atoms with Gasteiger partial charge in [-0.05, 0) is 28.6 Å². The number of hydrogen-bond donors (Lipinski definition) is 0. The lowest BCUT2D eigenvalue weighted by molar-refractivity contribution is -0.132. The molecule has 0 aliphatic rings. The highest BCUT2D eigenvalue weighted by molar-refractivity contribution is 5.91. The van der Waals surface area contributed by atoms with Crippen LogP contribution in [0.2, 0.25) is 0 Å². The van der Waals surface area contributed by atoms with E-state index in [1.54, 1.807) is 6.07 Å². The molecule has 3 aromatic carbocycles. The van der Waals surface area contributed by atoms with Crippen molar-refractivity contribution in [1.82, 2.24) is 0 Å². The average molecular weight is 364 g/mol.